The fourth-order valence-electron chi connectivity index (χ4n) is 2.41. The lowest BCUT2D eigenvalue weighted by Gasteiger charge is -2.01. The van der Waals surface area contributed by atoms with Crippen molar-refractivity contribution in [2.24, 2.45) is 0 Å². The van der Waals surface area contributed by atoms with Crippen LogP contribution in [0.4, 0.5) is 0 Å². The Bertz CT molecular complexity index is 618. The zero-order valence-electron chi connectivity index (χ0n) is 8.57. The largest absolute Gasteiger partial charge is 0.545 e. The molecule has 0 atom stereocenters. The molecule has 78 valence electrons. The molecule has 0 N–H and O–H groups in total. The van der Waals surface area contributed by atoms with Crippen LogP contribution >= 0.6 is 0 Å². The van der Waals surface area contributed by atoms with Gasteiger partial charge in [0.05, 0.1) is 5.97 Å². The quantitative estimate of drug-likeness (QED) is 0.668. The second-order valence-corrected chi connectivity index (χ2v) is 3.99. The Morgan fingerprint density at radius 2 is 1.94 bits per heavy atom. The summed E-state index contributed by atoms with van der Waals surface area (Å²) in [5.41, 5.74) is 3.06. The van der Waals surface area contributed by atoms with Crippen LogP contribution in [0, 0.1) is 0 Å². The molecule has 0 fully saturated rings. The van der Waals surface area contributed by atoms with E-state index in [0.29, 0.717) is 6.42 Å². The highest BCUT2D eigenvalue weighted by Crippen LogP contribution is 2.37. The summed E-state index contributed by atoms with van der Waals surface area (Å²) < 4.78 is 0. The van der Waals surface area contributed by atoms with E-state index < -0.39 is 5.97 Å². The second kappa shape index (κ2) is 3.20. The van der Waals surface area contributed by atoms with E-state index in [1.54, 1.807) is 0 Å². The van der Waals surface area contributed by atoms with E-state index in [0.717, 1.165) is 16.5 Å². The molecule has 3 rings (SSSR count). The third-order valence-corrected chi connectivity index (χ3v) is 3.01. The Hall–Kier alpha value is -2.09. The third kappa shape index (κ3) is 1.23. The van der Waals surface area contributed by atoms with Crippen molar-refractivity contribution in [3.8, 4) is 0 Å². The van der Waals surface area contributed by atoms with E-state index in [1.165, 1.54) is 17.0 Å². The lowest BCUT2D eigenvalue weighted by atomic mass is 10.0. The normalized spacial score (nSPS) is 15.9. The SMILES string of the molecule is O=C([O-])/C=C1/Cc2cccc3cccc1c23. The number of carbonyl (C=O) groups is 1. The predicted octanol–water partition coefficient (Wildman–Crippen LogP) is 1.53. The Balaban J connectivity index is 2.33. The monoisotopic (exact) mass is 209 g/mol. The van der Waals surface area contributed by atoms with Gasteiger partial charge in [0.2, 0.25) is 0 Å². The molecule has 2 heteroatoms. The molecule has 0 radical (unpaired) electrons. The fraction of sp³-hybridized carbons (Fsp3) is 0.0714. The minimum atomic E-state index is -1.13. The first kappa shape index (κ1) is 9.16. The van der Waals surface area contributed by atoms with Gasteiger partial charge in [0.1, 0.15) is 0 Å². The van der Waals surface area contributed by atoms with Gasteiger partial charge < -0.3 is 9.90 Å². The van der Waals surface area contributed by atoms with Crippen LogP contribution in [-0.2, 0) is 11.2 Å². The van der Waals surface area contributed by atoms with Gasteiger partial charge in [-0.05, 0) is 40.0 Å². The van der Waals surface area contributed by atoms with Gasteiger partial charge in [-0.2, -0.15) is 0 Å². The molecule has 2 nitrogen and oxygen atoms in total. The maximum Gasteiger partial charge on any atom is 0.0645 e. The van der Waals surface area contributed by atoms with Gasteiger partial charge in [-0.15, -0.1) is 0 Å². The van der Waals surface area contributed by atoms with Gasteiger partial charge in [-0.1, -0.05) is 36.4 Å². The summed E-state index contributed by atoms with van der Waals surface area (Å²) in [4.78, 5) is 10.6. The van der Waals surface area contributed by atoms with Crippen LogP contribution in [0.5, 0.6) is 0 Å². The topological polar surface area (TPSA) is 40.1 Å². The van der Waals surface area contributed by atoms with Gasteiger partial charge in [-0.3, -0.25) is 0 Å². The van der Waals surface area contributed by atoms with Crippen molar-refractivity contribution in [1.82, 2.24) is 0 Å². The van der Waals surface area contributed by atoms with Crippen LogP contribution in [0.15, 0.2) is 42.5 Å². The van der Waals surface area contributed by atoms with E-state index >= 15 is 0 Å². The molecule has 0 amide bonds. The molecular weight excluding hydrogens is 200 g/mol. The summed E-state index contributed by atoms with van der Waals surface area (Å²) >= 11 is 0. The van der Waals surface area contributed by atoms with Crippen LogP contribution in [0.25, 0.3) is 16.3 Å². The van der Waals surface area contributed by atoms with E-state index in [9.17, 15) is 9.90 Å². The van der Waals surface area contributed by atoms with Crippen LogP contribution < -0.4 is 5.11 Å². The van der Waals surface area contributed by atoms with Gasteiger partial charge >= 0.3 is 0 Å². The Kier molecular flexibility index (Phi) is 1.83. The molecule has 2 aromatic carbocycles. The van der Waals surface area contributed by atoms with Gasteiger partial charge in [-0.25, -0.2) is 0 Å². The zero-order chi connectivity index (χ0) is 11.1. The Morgan fingerprint density at radius 1 is 1.19 bits per heavy atom. The fourth-order valence-corrected chi connectivity index (χ4v) is 2.41. The molecule has 0 saturated carbocycles. The van der Waals surface area contributed by atoms with Crippen molar-refractivity contribution in [2.45, 2.75) is 6.42 Å². The van der Waals surface area contributed by atoms with Crippen molar-refractivity contribution >= 4 is 22.3 Å². The molecule has 0 spiro atoms. The summed E-state index contributed by atoms with van der Waals surface area (Å²) in [5, 5.41) is 13.0. The number of benzene rings is 2. The summed E-state index contributed by atoms with van der Waals surface area (Å²) in [7, 11) is 0. The average Bonchev–Trinajstić information content (AvgIpc) is 2.59. The molecule has 0 aromatic heterocycles. The van der Waals surface area contributed by atoms with Crippen molar-refractivity contribution in [2.75, 3.05) is 0 Å². The highest BCUT2D eigenvalue weighted by molar-refractivity contribution is 6.04. The van der Waals surface area contributed by atoms with E-state index in [2.05, 4.69) is 0 Å². The Labute approximate surface area is 92.8 Å². The highest BCUT2D eigenvalue weighted by atomic mass is 16.4. The maximum absolute atomic E-state index is 10.6. The van der Waals surface area contributed by atoms with Crippen LogP contribution in [-0.4, -0.2) is 5.97 Å². The summed E-state index contributed by atoms with van der Waals surface area (Å²) in [6.07, 6.45) is 1.89. The first-order chi connectivity index (χ1) is 7.75. The van der Waals surface area contributed by atoms with Crippen LogP contribution in [0.3, 0.4) is 0 Å². The third-order valence-electron chi connectivity index (χ3n) is 3.01. The van der Waals surface area contributed by atoms with Crippen LogP contribution in [0.2, 0.25) is 0 Å². The van der Waals surface area contributed by atoms with Crippen molar-refractivity contribution in [3.05, 3.63) is 53.6 Å². The molecule has 0 aliphatic heterocycles. The molecule has 0 unspecified atom stereocenters. The highest BCUT2D eigenvalue weighted by Gasteiger charge is 2.17. The molecular formula is C14H9O2-. The first-order valence-corrected chi connectivity index (χ1v) is 5.18. The number of carboxylic acids is 1. The number of rotatable bonds is 1. The van der Waals surface area contributed by atoms with E-state index in [4.69, 9.17) is 0 Å². The lowest BCUT2D eigenvalue weighted by Crippen LogP contribution is -2.19. The standard InChI is InChI=1S/C14H10O2/c15-13(16)8-11-7-10-5-1-3-9-4-2-6-12(11)14(9)10/h1-6,8H,7H2,(H,15,16)/p-1/b11-8-. The van der Waals surface area contributed by atoms with Gasteiger partial charge in [0.25, 0.3) is 0 Å². The van der Waals surface area contributed by atoms with Gasteiger partial charge in [0, 0.05) is 0 Å². The number of carboxylic acid groups (broad SMARTS) is 1. The second-order valence-electron chi connectivity index (χ2n) is 3.99. The molecule has 1 aliphatic rings. The minimum absolute atomic E-state index is 0.685. The van der Waals surface area contributed by atoms with E-state index in [-0.39, 0.29) is 0 Å². The average molecular weight is 209 g/mol. The molecule has 2 aromatic rings. The number of hydrogen-bond acceptors (Lipinski definition) is 2. The van der Waals surface area contributed by atoms with E-state index in [1.807, 2.05) is 36.4 Å². The predicted molar refractivity (Wildman–Crippen MR) is 60.6 cm³/mol. The zero-order valence-corrected chi connectivity index (χ0v) is 8.57. The molecule has 1 aliphatic carbocycles. The summed E-state index contributed by atoms with van der Waals surface area (Å²) in [6.45, 7) is 0. The number of aliphatic carboxylic acids is 1. The molecule has 16 heavy (non-hydrogen) atoms. The summed E-state index contributed by atoms with van der Waals surface area (Å²) in [6, 6.07) is 12.1. The molecule has 0 heterocycles. The number of allylic oxidation sites excluding steroid dienone is 1. The number of carbonyl (C=O) groups excluding carboxylic acids is 1. The van der Waals surface area contributed by atoms with Crippen molar-refractivity contribution in [1.29, 1.82) is 0 Å². The minimum Gasteiger partial charge on any atom is -0.545 e. The van der Waals surface area contributed by atoms with Gasteiger partial charge in [0.15, 0.2) is 0 Å². The first-order valence-electron chi connectivity index (χ1n) is 5.18. The maximum atomic E-state index is 10.6. The molecule has 0 bridgehead atoms. The van der Waals surface area contributed by atoms with Crippen molar-refractivity contribution < 1.29 is 9.90 Å². The Morgan fingerprint density at radius 3 is 2.69 bits per heavy atom. The lowest BCUT2D eigenvalue weighted by molar-refractivity contribution is -0.297. The smallest absolute Gasteiger partial charge is 0.0645 e. The number of hydrogen-bond donors (Lipinski definition) is 0. The summed E-state index contributed by atoms with van der Waals surface area (Å²) in [5.74, 6) is -1.13. The van der Waals surface area contributed by atoms with Crippen molar-refractivity contribution in [3.63, 3.8) is 0 Å². The molecule has 0 saturated heterocycles. The van der Waals surface area contributed by atoms with Crippen LogP contribution in [0.1, 0.15) is 11.1 Å².